The van der Waals surface area contributed by atoms with E-state index in [1.54, 1.807) is 0 Å². The zero-order chi connectivity index (χ0) is 14.5. The maximum Gasteiger partial charge on any atom is 0.227 e. The van der Waals surface area contributed by atoms with Gasteiger partial charge in [0.2, 0.25) is 11.8 Å². The smallest absolute Gasteiger partial charge is 0.227 e. The SMILES string of the molecule is CC(C)(C)C(=O)N1CCC(C(=O)NCCCCl)CC1. The molecule has 0 spiro atoms. The van der Waals surface area contributed by atoms with E-state index in [0.717, 1.165) is 19.3 Å². The number of carbonyl (C=O) groups excluding carboxylic acids is 2. The van der Waals surface area contributed by atoms with Crippen LogP contribution in [0.1, 0.15) is 40.0 Å². The molecule has 1 N–H and O–H groups in total. The first-order chi connectivity index (χ1) is 8.86. The molecular weight excluding hydrogens is 264 g/mol. The van der Waals surface area contributed by atoms with Crippen LogP contribution in [0.2, 0.25) is 0 Å². The van der Waals surface area contributed by atoms with Crippen molar-refractivity contribution in [3.8, 4) is 0 Å². The predicted octanol–water partition coefficient (Wildman–Crippen LogP) is 2.02. The molecule has 1 heterocycles. The minimum absolute atomic E-state index is 0.0411. The molecule has 110 valence electrons. The number of hydrogen-bond donors (Lipinski definition) is 1. The van der Waals surface area contributed by atoms with Crippen molar-refractivity contribution in [2.24, 2.45) is 11.3 Å². The Morgan fingerprint density at radius 3 is 2.32 bits per heavy atom. The van der Waals surface area contributed by atoms with Crippen molar-refractivity contribution in [2.75, 3.05) is 25.5 Å². The first-order valence-electron chi connectivity index (χ1n) is 6.99. The highest BCUT2D eigenvalue weighted by Gasteiger charge is 2.32. The number of likely N-dealkylation sites (tertiary alicyclic amines) is 1. The fraction of sp³-hybridized carbons (Fsp3) is 0.857. The third-order valence-electron chi connectivity index (χ3n) is 3.40. The Labute approximate surface area is 120 Å². The molecule has 1 saturated heterocycles. The molecule has 0 atom stereocenters. The van der Waals surface area contributed by atoms with Crippen molar-refractivity contribution in [3.05, 3.63) is 0 Å². The predicted molar refractivity (Wildman–Crippen MR) is 77.1 cm³/mol. The molecule has 1 aliphatic heterocycles. The van der Waals surface area contributed by atoms with Gasteiger partial charge in [0.15, 0.2) is 0 Å². The van der Waals surface area contributed by atoms with E-state index in [0.29, 0.717) is 25.5 Å². The monoisotopic (exact) mass is 288 g/mol. The lowest BCUT2D eigenvalue weighted by molar-refractivity contribution is -0.142. The molecule has 0 saturated carbocycles. The molecule has 0 aromatic rings. The molecule has 0 unspecified atom stereocenters. The number of nitrogens with one attached hydrogen (secondary N) is 1. The molecular formula is C14H25ClN2O2. The number of piperidine rings is 1. The molecule has 4 nitrogen and oxygen atoms in total. The van der Waals surface area contributed by atoms with Crippen molar-refractivity contribution in [1.82, 2.24) is 10.2 Å². The van der Waals surface area contributed by atoms with Crippen LogP contribution in [-0.4, -0.2) is 42.2 Å². The van der Waals surface area contributed by atoms with E-state index in [4.69, 9.17) is 11.6 Å². The highest BCUT2D eigenvalue weighted by atomic mass is 35.5. The Morgan fingerprint density at radius 1 is 1.26 bits per heavy atom. The summed E-state index contributed by atoms with van der Waals surface area (Å²) in [6, 6.07) is 0. The second kappa shape index (κ2) is 7.13. The summed E-state index contributed by atoms with van der Waals surface area (Å²) >= 11 is 5.57. The molecule has 1 aliphatic rings. The number of rotatable bonds is 4. The average molecular weight is 289 g/mol. The van der Waals surface area contributed by atoms with Crippen LogP contribution in [0.15, 0.2) is 0 Å². The number of halogens is 1. The maximum atomic E-state index is 12.1. The third kappa shape index (κ3) is 5.01. The standard InChI is InChI=1S/C14H25ClN2O2/c1-14(2,3)13(19)17-9-5-11(6-10-17)12(18)16-8-4-7-15/h11H,4-10H2,1-3H3,(H,16,18). The highest BCUT2D eigenvalue weighted by Crippen LogP contribution is 2.23. The van der Waals surface area contributed by atoms with Crippen molar-refractivity contribution < 1.29 is 9.59 Å². The number of amides is 2. The lowest BCUT2D eigenvalue weighted by atomic mass is 9.90. The molecule has 2 amide bonds. The van der Waals surface area contributed by atoms with Gasteiger partial charge in [-0.15, -0.1) is 11.6 Å². The third-order valence-corrected chi connectivity index (χ3v) is 3.67. The fourth-order valence-corrected chi connectivity index (χ4v) is 2.38. The second-order valence-corrected chi connectivity index (χ2v) is 6.53. The van der Waals surface area contributed by atoms with Crippen molar-refractivity contribution >= 4 is 23.4 Å². The molecule has 0 bridgehead atoms. The summed E-state index contributed by atoms with van der Waals surface area (Å²) in [5.74, 6) is 0.888. The highest BCUT2D eigenvalue weighted by molar-refractivity contribution is 6.17. The van der Waals surface area contributed by atoms with Crippen LogP contribution in [0.5, 0.6) is 0 Å². The van der Waals surface area contributed by atoms with E-state index < -0.39 is 0 Å². The Kier molecular flexibility index (Phi) is 6.11. The van der Waals surface area contributed by atoms with Gasteiger partial charge in [0, 0.05) is 36.8 Å². The maximum absolute atomic E-state index is 12.1. The molecule has 0 aromatic carbocycles. The minimum atomic E-state index is -0.338. The Balaban J connectivity index is 2.36. The number of alkyl halides is 1. The van der Waals surface area contributed by atoms with E-state index in [2.05, 4.69) is 5.32 Å². The number of nitrogens with zero attached hydrogens (tertiary/aromatic N) is 1. The summed E-state index contributed by atoms with van der Waals surface area (Å²) in [5, 5.41) is 2.90. The van der Waals surface area contributed by atoms with Crippen LogP contribution in [0.3, 0.4) is 0 Å². The average Bonchev–Trinajstić information content (AvgIpc) is 2.37. The summed E-state index contributed by atoms with van der Waals surface area (Å²) in [6.45, 7) is 7.80. The van der Waals surface area contributed by atoms with Gasteiger partial charge in [-0.3, -0.25) is 9.59 Å². The zero-order valence-corrected chi connectivity index (χ0v) is 12.9. The summed E-state index contributed by atoms with van der Waals surface area (Å²) in [6.07, 6.45) is 2.32. The first-order valence-corrected chi connectivity index (χ1v) is 7.52. The minimum Gasteiger partial charge on any atom is -0.356 e. The molecule has 0 radical (unpaired) electrons. The van der Waals surface area contributed by atoms with Crippen molar-refractivity contribution in [1.29, 1.82) is 0 Å². The molecule has 1 fully saturated rings. The summed E-state index contributed by atoms with van der Waals surface area (Å²) in [5.41, 5.74) is -0.338. The largest absolute Gasteiger partial charge is 0.356 e. The normalized spacial score (nSPS) is 17.4. The topological polar surface area (TPSA) is 49.4 Å². The molecule has 5 heteroatoms. The van der Waals surface area contributed by atoms with Crippen LogP contribution in [0, 0.1) is 11.3 Å². The number of carbonyl (C=O) groups is 2. The molecule has 1 rings (SSSR count). The summed E-state index contributed by atoms with van der Waals surface area (Å²) in [4.78, 5) is 25.9. The van der Waals surface area contributed by atoms with Gasteiger partial charge in [0.05, 0.1) is 0 Å². The molecule has 0 aliphatic carbocycles. The summed E-state index contributed by atoms with van der Waals surface area (Å²) in [7, 11) is 0. The lowest BCUT2D eigenvalue weighted by Crippen LogP contribution is -2.46. The van der Waals surface area contributed by atoms with Crippen LogP contribution in [-0.2, 0) is 9.59 Å². The van der Waals surface area contributed by atoms with E-state index in [9.17, 15) is 9.59 Å². The van der Waals surface area contributed by atoms with Crippen molar-refractivity contribution in [2.45, 2.75) is 40.0 Å². The van der Waals surface area contributed by atoms with Crippen LogP contribution < -0.4 is 5.32 Å². The van der Waals surface area contributed by atoms with E-state index in [-0.39, 0.29) is 23.1 Å². The van der Waals surface area contributed by atoms with Gasteiger partial charge >= 0.3 is 0 Å². The van der Waals surface area contributed by atoms with Crippen LogP contribution in [0.4, 0.5) is 0 Å². The van der Waals surface area contributed by atoms with Gasteiger partial charge in [-0.2, -0.15) is 0 Å². The van der Waals surface area contributed by atoms with Crippen LogP contribution in [0.25, 0.3) is 0 Å². The van der Waals surface area contributed by atoms with E-state index in [1.165, 1.54) is 0 Å². The van der Waals surface area contributed by atoms with Gasteiger partial charge in [-0.25, -0.2) is 0 Å². The van der Waals surface area contributed by atoms with Crippen molar-refractivity contribution in [3.63, 3.8) is 0 Å². The lowest BCUT2D eigenvalue weighted by Gasteiger charge is -2.35. The van der Waals surface area contributed by atoms with Gasteiger partial charge < -0.3 is 10.2 Å². The quantitative estimate of drug-likeness (QED) is 0.635. The zero-order valence-electron chi connectivity index (χ0n) is 12.2. The van der Waals surface area contributed by atoms with E-state index in [1.807, 2.05) is 25.7 Å². The molecule has 0 aromatic heterocycles. The molecule has 19 heavy (non-hydrogen) atoms. The number of hydrogen-bond acceptors (Lipinski definition) is 2. The van der Waals surface area contributed by atoms with Gasteiger partial charge in [0.25, 0.3) is 0 Å². The second-order valence-electron chi connectivity index (χ2n) is 6.15. The first kappa shape index (κ1) is 16.3. The van der Waals surface area contributed by atoms with Gasteiger partial charge in [0.1, 0.15) is 0 Å². The Morgan fingerprint density at radius 2 is 1.84 bits per heavy atom. The summed E-state index contributed by atoms with van der Waals surface area (Å²) < 4.78 is 0. The van der Waals surface area contributed by atoms with Crippen LogP contribution >= 0.6 is 11.6 Å². The Bertz CT molecular complexity index is 318. The van der Waals surface area contributed by atoms with Gasteiger partial charge in [-0.1, -0.05) is 20.8 Å². The van der Waals surface area contributed by atoms with Gasteiger partial charge in [-0.05, 0) is 19.3 Å². The van der Waals surface area contributed by atoms with E-state index >= 15 is 0 Å². The Hall–Kier alpha value is -0.770. The fourth-order valence-electron chi connectivity index (χ4n) is 2.24.